The highest BCUT2D eigenvalue weighted by Gasteiger charge is 2.39. The fourth-order valence-electron chi connectivity index (χ4n) is 5.95. The predicted molar refractivity (Wildman–Crippen MR) is 115 cm³/mol. The van der Waals surface area contributed by atoms with E-state index in [1.807, 2.05) is 18.2 Å². The van der Waals surface area contributed by atoms with E-state index in [2.05, 4.69) is 20.7 Å². The number of hydrogen-bond donors (Lipinski definition) is 2. The Morgan fingerprint density at radius 3 is 2.66 bits per heavy atom. The number of primary amides is 1. The number of nitrogens with two attached hydrogens (primary N) is 1. The van der Waals surface area contributed by atoms with E-state index in [4.69, 9.17) is 10.7 Å². The van der Waals surface area contributed by atoms with Gasteiger partial charge in [-0.25, -0.2) is 4.98 Å². The first-order valence-corrected chi connectivity index (χ1v) is 10.9. The molecule has 6 heteroatoms. The molecule has 1 amide bonds. The molecule has 1 aromatic carbocycles. The maximum Gasteiger partial charge on any atom is 0.252 e. The summed E-state index contributed by atoms with van der Waals surface area (Å²) in [7, 11) is 0. The number of anilines is 1. The molecule has 0 radical (unpaired) electrons. The Kier molecular flexibility index (Phi) is 3.69. The highest BCUT2D eigenvalue weighted by molar-refractivity contribution is 6.03. The zero-order chi connectivity index (χ0) is 19.6. The van der Waals surface area contributed by atoms with Gasteiger partial charge in [-0.3, -0.25) is 9.20 Å². The summed E-state index contributed by atoms with van der Waals surface area (Å²) < 4.78 is 2.23. The minimum Gasteiger partial charge on any atom is -0.365 e. The molecule has 2 saturated heterocycles. The SMILES string of the molecule is NC(=O)c1c2c(c(N3CCC4(CCNC4)CC3)n3c1nc1ccccc13)CCC2. The van der Waals surface area contributed by atoms with Crippen molar-refractivity contribution in [1.82, 2.24) is 14.7 Å². The van der Waals surface area contributed by atoms with Gasteiger partial charge in [-0.15, -0.1) is 0 Å². The van der Waals surface area contributed by atoms with E-state index in [0.29, 0.717) is 11.0 Å². The number of benzene rings is 1. The summed E-state index contributed by atoms with van der Waals surface area (Å²) in [6.07, 6.45) is 6.75. The smallest absolute Gasteiger partial charge is 0.252 e. The molecule has 3 aliphatic rings. The molecule has 6 rings (SSSR count). The number of amides is 1. The molecule has 2 aliphatic heterocycles. The van der Waals surface area contributed by atoms with E-state index in [1.54, 1.807) is 0 Å². The van der Waals surface area contributed by atoms with Crippen molar-refractivity contribution in [1.29, 1.82) is 0 Å². The lowest BCUT2D eigenvalue weighted by Crippen LogP contribution is -2.42. The number of nitrogens with zero attached hydrogens (tertiary/aromatic N) is 3. The average molecular weight is 390 g/mol. The van der Waals surface area contributed by atoms with Crippen LogP contribution in [0.3, 0.4) is 0 Å². The number of pyridine rings is 1. The van der Waals surface area contributed by atoms with Gasteiger partial charge in [0.25, 0.3) is 5.91 Å². The minimum atomic E-state index is -0.357. The molecular formula is C23H27N5O. The van der Waals surface area contributed by atoms with Gasteiger partial charge in [-0.1, -0.05) is 12.1 Å². The summed E-state index contributed by atoms with van der Waals surface area (Å²) >= 11 is 0. The van der Waals surface area contributed by atoms with Gasteiger partial charge in [0.2, 0.25) is 0 Å². The molecule has 0 atom stereocenters. The van der Waals surface area contributed by atoms with Crippen molar-refractivity contribution in [2.45, 2.75) is 38.5 Å². The van der Waals surface area contributed by atoms with Crippen molar-refractivity contribution in [3.63, 3.8) is 0 Å². The number of fused-ring (bicyclic) bond motifs is 4. The zero-order valence-corrected chi connectivity index (χ0v) is 16.7. The minimum absolute atomic E-state index is 0.357. The van der Waals surface area contributed by atoms with Crippen molar-refractivity contribution < 1.29 is 4.79 Å². The fourth-order valence-corrected chi connectivity index (χ4v) is 5.95. The van der Waals surface area contributed by atoms with E-state index in [9.17, 15) is 4.79 Å². The van der Waals surface area contributed by atoms with Crippen LogP contribution in [0.1, 0.15) is 47.2 Å². The Hall–Kier alpha value is -2.60. The topological polar surface area (TPSA) is 75.7 Å². The number of aromatic nitrogens is 2. The van der Waals surface area contributed by atoms with Crippen molar-refractivity contribution in [2.75, 3.05) is 31.1 Å². The lowest BCUT2D eigenvalue weighted by atomic mass is 9.78. The van der Waals surface area contributed by atoms with Crippen LogP contribution in [0.4, 0.5) is 5.82 Å². The van der Waals surface area contributed by atoms with Gasteiger partial charge in [-0.05, 0) is 73.7 Å². The number of imidazole rings is 1. The van der Waals surface area contributed by atoms with Crippen LogP contribution in [0.15, 0.2) is 24.3 Å². The van der Waals surface area contributed by atoms with Gasteiger partial charge in [0.1, 0.15) is 5.82 Å². The van der Waals surface area contributed by atoms with E-state index in [-0.39, 0.29) is 5.91 Å². The average Bonchev–Trinajstić information content (AvgIpc) is 3.45. The molecule has 0 bridgehead atoms. The number of hydrogen-bond acceptors (Lipinski definition) is 4. The molecule has 6 nitrogen and oxygen atoms in total. The van der Waals surface area contributed by atoms with Crippen LogP contribution in [0, 0.1) is 5.41 Å². The first-order valence-electron chi connectivity index (χ1n) is 10.9. The first-order chi connectivity index (χ1) is 14.2. The summed E-state index contributed by atoms with van der Waals surface area (Å²) in [5.74, 6) is 0.900. The Morgan fingerprint density at radius 1 is 1.10 bits per heavy atom. The van der Waals surface area contributed by atoms with Gasteiger partial charge in [0.15, 0.2) is 5.65 Å². The summed E-state index contributed by atoms with van der Waals surface area (Å²) in [6.45, 7) is 4.43. The number of nitrogens with one attached hydrogen (secondary N) is 1. The number of carbonyl (C=O) groups is 1. The third-order valence-corrected chi connectivity index (χ3v) is 7.49. The van der Waals surface area contributed by atoms with Crippen LogP contribution in [-0.2, 0) is 12.8 Å². The summed E-state index contributed by atoms with van der Waals surface area (Å²) in [6, 6.07) is 8.19. The lowest BCUT2D eigenvalue weighted by molar-refractivity contribution is 0.100. The number of rotatable bonds is 2. The normalized spacial score (nSPS) is 20.8. The number of para-hydroxylation sites is 2. The Morgan fingerprint density at radius 2 is 1.90 bits per heavy atom. The molecule has 1 spiro atoms. The van der Waals surface area contributed by atoms with Gasteiger partial charge in [-0.2, -0.15) is 0 Å². The van der Waals surface area contributed by atoms with Gasteiger partial charge < -0.3 is 16.0 Å². The molecule has 2 aromatic heterocycles. The quantitative estimate of drug-likeness (QED) is 0.707. The molecule has 3 N–H and O–H groups in total. The summed E-state index contributed by atoms with van der Waals surface area (Å²) in [5, 5.41) is 3.56. The molecule has 3 aromatic rings. The molecule has 1 aliphatic carbocycles. The number of piperidine rings is 1. The van der Waals surface area contributed by atoms with Crippen molar-refractivity contribution in [3.8, 4) is 0 Å². The molecule has 0 unspecified atom stereocenters. The second-order valence-electron chi connectivity index (χ2n) is 9.05. The Balaban J connectivity index is 1.58. The second kappa shape index (κ2) is 6.20. The summed E-state index contributed by atoms with van der Waals surface area (Å²) in [4.78, 5) is 19.9. The van der Waals surface area contributed by atoms with Gasteiger partial charge in [0.05, 0.1) is 16.6 Å². The maximum atomic E-state index is 12.5. The lowest BCUT2D eigenvalue weighted by Gasteiger charge is -2.41. The predicted octanol–water partition coefficient (Wildman–Crippen LogP) is 2.66. The van der Waals surface area contributed by atoms with E-state index in [1.165, 1.54) is 30.6 Å². The van der Waals surface area contributed by atoms with Crippen LogP contribution < -0.4 is 16.0 Å². The van der Waals surface area contributed by atoms with Crippen molar-refractivity contribution in [3.05, 3.63) is 41.0 Å². The van der Waals surface area contributed by atoms with Crippen LogP contribution in [-0.4, -0.2) is 41.5 Å². The van der Waals surface area contributed by atoms with Gasteiger partial charge >= 0.3 is 0 Å². The van der Waals surface area contributed by atoms with E-state index < -0.39 is 0 Å². The molecule has 4 heterocycles. The molecule has 2 fully saturated rings. The standard InChI is InChI=1S/C23H27N5O/c24-20(29)19-15-4-3-5-16(15)22(27-12-9-23(10-13-27)8-11-25-14-23)28-18-7-2-1-6-17(18)26-21(19)28/h1-2,6-7,25H,3-5,8-14H2,(H2,24,29). The molecule has 29 heavy (non-hydrogen) atoms. The molecule has 0 saturated carbocycles. The monoisotopic (exact) mass is 389 g/mol. The van der Waals surface area contributed by atoms with Crippen LogP contribution in [0.2, 0.25) is 0 Å². The summed E-state index contributed by atoms with van der Waals surface area (Å²) in [5.41, 5.74) is 12.2. The van der Waals surface area contributed by atoms with E-state index in [0.717, 1.165) is 67.7 Å². The van der Waals surface area contributed by atoms with Gasteiger partial charge in [0, 0.05) is 19.6 Å². The highest BCUT2D eigenvalue weighted by Crippen LogP contribution is 2.42. The third kappa shape index (κ3) is 2.45. The Labute approximate surface area is 170 Å². The fraction of sp³-hybridized carbons (Fsp3) is 0.478. The second-order valence-corrected chi connectivity index (χ2v) is 9.05. The van der Waals surface area contributed by atoms with Crippen molar-refractivity contribution in [2.24, 2.45) is 11.1 Å². The number of carbonyl (C=O) groups excluding carboxylic acids is 1. The van der Waals surface area contributed by atoms with E-state index >= 15 is 0 Å². The van der Waals surface area contributed by atoms with Crippen molar-refractivity contribution >= 4 is 28.4 Å². The highest BCUT2D eigenvalue weighted by atomic mass is 16.1. The van der Waals surface area contributed by atoms with Crippen LogP contribution >= 0.6 is 0 Å². The third-order valence-electron chi connectivity index (χ3n) is 7.49. The molecular weight excluding hydrogens is 362 g/mol. The largest absolute Gasteiger partial charge is 0.365 e. The first kappa shape index (κ1) is 17.3. The Bertz CT molecular complexity index is 1130. The van der Waals surface area contributed by atoms with Crippen LogP contribution in [0.5, 0.6) is 0 Å². The van der Waals surface area contributed by atoms with Crippen LogP contribution in [0.25, 0.3) is 16.7 Å². The zero-order valence-electron chi connectivity index (χ0n) is 16.7. The molecule has 150 valence electrons. The maximum absolute atomic E-state index is 12.5.